The Morgan fingerprint density at radius 3 is 2.66 bits per heavy atom. The van der Waals surface area contributed by atoms with E-state index in [1.54, 1.807) is 0 Å². The van der Waals surface area contributed by atoms with E-state index in [2.05, 4.69) is 15.4 Å². The largest absolute Gasteiger partial charge is 0.489 e. The number of thiophene rings is 1. The van der Waals surface area contributed by atoms with Crippen LogP contribution in [0, 0.1) is 5.82 Å². The van der Waals surface area contributed by atoms with Crippen molar-refractivity contribution in [3.8, 4) is 22.8 Å². The van der Waals surface area contributed by atoms with Crippen molar-refractivity contribution in [3.05, 3.63) is 70.6 Å². The monoisotopic (exact) mass is 719 g/mol. The van der Waals surface area contributed by atoms with Crippen LogP contribution in [0.4, 0.5) is 26.3 Å². The summed E-state index contributed by atoms with van der Waals surface area (Å²) < 4.78 is 99.6. The summed E-state index contributed by atoms with van der Waals surface area (Å²) in [5, 5.41) is 19.7. The van der Waals surface area contributed by atoms with Gasteiger partial charge in [0.2, 0.25) is 17.3 Å². The van der Waals surface area contributed by atoms with Crippen LogP contribution >= 0.6 is 11.3 Å². The van der Waals surface area contributed by atoms with Crippen molar-refractivity contribution in [1.82, 2.24) is 20.1 Å². The number of nitrogens with two attached hydrogens (primary N) is 1. The van der Waals surface area contributed by atoms with Crippen molar-refractivity contribution in [3.63, 3.8) is 0 Å². The van der Waals surface area contributed by atoms with Crippen molar-refractivity contribution in [2.24, 2.45) is 5.73 Å². The molecule has 0 saturated heterocycles. The number of fused-ring (bicyclic) bond motifs is 3. The second-order valence-corrected chi connectivity index (χ2v) is 13.3. The van der Waals surface area contributed by atoms with E-state index in [0.717, 1.165) is 28.2 Å². The molecule has 262 valence electrons. The minimum Gasteiger partial charge on any atom is -0.489 e. The van der Waals surface area contributed by atoms with Gasteiger partial charge in [-0.1, -0.05) is 12.1 Å². The van der Waals surface area contributed by atoms with E-state index in [1.165, 1.54) is 42.8 Å². The summed E-state index contributed by atoms with van der Waals surface area (Å²) in [6.45, 7) is -1.78. The summed E-state index contributed by atoms with van der Waals surface area (Å²) in [6.07, 6.45) is -3.74. The molecule has 1 aliphatic heterocycles. The molecule has 3 aromatic heterocycles. The van der Waals surface area contributed by atoms with Crippen LogP contribution in [0.2, 0.25) is 0 Å². The summed E-state index contributed by atoms with van der Waals surface area (Å²) >= 11 is 0.969. The van der Waals surface area contributed by atoms with Gasteiger partial charge in [-0.25, -0.2) is 22.8 Å². The fourth-order valence-electron chi connectivity index (χ4n) is 5.86. The van der Waals surface area contributed by atoms with Crippen LogP contribution in [0.1, 0.15) is 41.4 Å². The number of amides is 2. The summed E-state index contributed by atoms with van der Waals surface area (Å²) in [4.78, 5) is 30.2. The van der Waals surface area contributed by atoms with Crippen LogP contribution in [0.3, 0.4) is 0 Å². The van der Waals surface area contributed by atoms with Gasteiger partial charge in [0.25, 0.3) is 5.91 Å². The average Bonchev–Trinajstić information content (AvgIpc) is 3.40. The molecule has 2 aromatic carbocycles. The SMILES string of the molecule is C[C@]1(C(N)=O)COc2c1cc(C(O)(CNC(=O)c1cc(OCCF)c3nn(C4(F)CC4)cc3c1)C(F)(F)F)nc2-c1csc2c(F)cccc12. The number of nitrogens with zero attached hydrogens (tertiary/aromatic N) is 3. The number of primary amides is 1. The molecule has 0 spiro atoms. The third-order valence-electron chi connectivity index (χ3n) is 9.06. The van der Waals surface area contributed by atoms with E-state index in [4.69, 9.17) is 15.2 Å². The van der Waals surface area contributed by atoms with Gasteiger partial charge < -0.3 is 25.6 Å². The van der Waals surface area contributed by atoms with Crippen LogP contribution in [-0.4, -0.2) is 64.3 Å². The highest BCUT2D eigenvalue weighted by molar-refractivity contribution is 7.17. The van der Waals surface area contributed by atoms with Gasteiger partial charge in [-0.05, 0) is 31.2 Å². The number of benzene rings is 2. The zero-order valence-electron chi connectivity index (χ0n) is 26.0. The van der Waals surface area contributed by atoms with Gasteiger partial charge in [0.05, 0.1) is 16.9 Å². The number of pyridine rings is 1. The lowest BCUT2D eigenvalue weighted by Crippen LogP contribution is -2.51. The first-order valence-corrected chi connectivity index (χ1v) is 16.1. The number of carbonyl (C=O) groups excluding carboxylic acids is 2. The number of hydrogen-bond donors (Lipinski definition) is 3. The fraction of sp³-hybridized carbons (Fsp3) is 0.333. The lowest BCUT2D eigenvalue weighted by Gasteiger charge is -2.31. The molecule has 2 aliphatic rings. The minimum atomic E-state index is -5.45. The zero-order chi connectivity index (χ0) is 35.8. The Morgan fingerprint density at radius 2 is 1.98 bits per heavy atom. The Kier molecular flexibility index (Phi) is 7.78. The molecule has 1 unspecified atom stereocenters. The van der Waals surface area contributed by atoms with E-state index >= 15 is 0 Å². The number of aromatic nitrogens is 3. The smallest absolute Gasteiger partial charge is 0.424 e. The molecule has 0 radical (unpaired) electrons. The Bertz CT molecular complexity index is 2200. The molecule has 4 heterocycles. The Hall–Kier alpha value is -4.90. The van der Waals surface area contributed by atoms with Crippen molar-refractivity contribution in [1.29, 1.82) is 0 Å². The van der Waals surface area contributed by atoms with Crippen LogP contribution in [0.15, 0.2) is 48.0 Å². The minimum absolute atomic E-state index is 0.0662. The molecule has 7 rings (SSSR count). The predicted octanol–water partition coefficient (Wildman–Crippen LogP) is 5.53. The lowest BCUT2D eigenvalue weighted by atomic mass is 9.81. The highest BCUT2D eigenvalue weighted by atomic mass is 32.1. The van der Waals surface area contributed by atoms with Gasteiger partial charge in [0, 0.05) is 51.9 Å². The number of nitrogens with one attached hydrogen (secondary N) is 1. The molecule has 1 fully saturated rings. The number of hydrogen-bond acceptors (Lipinski definition) is 8. The van der Waals surface area contributed by atoms with Gasteiger partial charge in [-0.3, -0.25) is 9.59 Å². The first kappa shape index (κ1) is 33.6. The van der Waals surface area contributed by atoms with Crippen LogP contribution in [-0.2, 0) is 21.6 Å². The maximum atomic E-state index is 14.9. The third-order valence-corrected chi connectivity index (χ3v) is 10.1. The molecule has 5 aromatic rings. The van der Waals surface area contributed by atoms with Crippen molar-refractivity contribution in [2.45, 2.75) is 42.8 Å². The third kappa shape index (κ3) is 5.30. The van der Waals surface area contributed by atoms with E-state index in [0.29, 0.717) is 5.39 Å². The Balaban J connectivity index is 1.30. The first-order chi connectivity index (χ1) is 23.6. The van der Waals surface area contributed by atoms with E-state index in [9.17, 15) is 41.0 Å². The van der Waals surface area contributed by atoms with Gasteiger partial charge in [-0.2, -0.15) is 18.3 Å². The molecule has 10 nitrogen and oxygen atoms in total. The number of carbonyl (C=O) groups is 2. The molecular weight excluding hydrogens is 692 g/mol. The number of halogens is 6. The summed E-state index contributed by atoms with van der Waals surface area (Å²) in [5.41, 5.74) is -1.06. The summed E-state index contributed by atoms with van der Waals surface area (Å²) in [7, 11) is 0. The van der Waals surface area contributed by atoms with Gasteiger partial charge >= 0.3 is 6.18 Å². The molecule has 50 heavy (non-hydrogen) atoms. The van der Waals surface area contributed by atoms with Crippen molar-refractivity contribution < 1.29 is 50.5 Å². The molecule has 0 bridgehead atoms. The molecule has 1 aliphatic carbocycles. The highest BCUT2D eigenvalue weighted by Gasteiger charge is 2.58. The van der Waals surface area contributed by atoms with Gasteiger partial charge in [-0.15, -0.1) is 11.3 Å². The summed E-state index contributed by atoms with van der Waals surface area (Å²) in [6, 6.07) is 7.39. The number of aliphatic hydroxyl groups is 1. The van der Waals surface area contributed by atoms with E-state index in [-0.39, 0.29) is 68.9 Å². The molecule has 1 saturated carbocycles. The van der Waals surface area contributed by atoms with E-state index < -0.39 is 66.1 Å². The van der Waals surface area contributed by atoms with Crippen molar-refractivity contribution >= 4 is 44.1 Å². The normalized spacial score (nSPS) is 19.2. The predicted molar refractivity (Wildman–Crippen MR) is 169 cm³/mol. The quantitative estimate of drug-likeness (QED) is 0.161. The van der Waals surface area contributed by atoms with Gasteiger partial charge in [0.1, 0.15) is 53.8 Å². The number of alkyl halides is 5. The maximum absolute atomic E-state index is 14.9. The first-order valence-electron chi connectivity index (χ1n) is 15.2. The Labute approximate surface area is 282 Å². The van der Waals surface area contributed by atoms with E-state index in [1.807, 2.05) is 0 Å². The van der Waals surface area contributed by atoms with Crippen molar-refractivity contribution in [2.75, 3.05) is 26.4 Å². The topological polar surface area (TPSA) is 142 Å². The fourth-order valence-corrected chi connectivity index (χ4v) is 6.82. The molecule has 2 amide bonds. The lowest BCUT2D eigenvalue weighted by molar-refractivity contribution is -0.265. The standard InChI is InChI=1S/C33H27F6N5O5S/c1-30(29(40)46)15-49-26-20(30)11-23(42-25(26)19-13-50-27-18(19)3-2-4-21(27)35)32(47,33(37,38)39)14-41-28(45)16-9-17-12-44(31(36)5-6-31)43-24(17)22(10-16)48-8-7-34/h2-4,9-13,47H,5-8,14-15H2,1H3,(H2,40,46)(H,41,45)/t30-,32?/m0/s1. The molecular formula is C33H27F6N5O5S. The number of ether oxygens (including phenoxy) is 2. The molecule has 2 atom stereocenters. The zero-order valence-corrected chi connectivity index (χ0v) is 26.9. The molecule has 4 N–H and O–H groups in total. The second-order valence-electron chi connectivity index (χ2n) is 12.5. The number of rotatable bonds is 10. The van der Waals surface area contributed by atoms with Crippen LogP contribution in [0.5, 0.6) is 11.5 Å². The van der Waals surface area contributed by atoms with Crippen LogP contribution in [0.25, 0.3) is 32.2 Å². The van der Waals surface area contributed by atoms with Gasteiger partial charge in [0.15, 0.2) is 0 Å². The maximum Gasteiger partial charge on any atom is 0.424 e. The molecule has 17 heteroatoms. The average molecular weight is 720 g/mol. The highest BCUT2D eigenvalue weighted by Crippen LogP contribution is 2.50. The Morgan fingerprint density at radius 1 is 1.22 bits per heavy atom. The van der Waals surface area contributed by atoms with Crippen LogP contribution < -0.4 is 20.5 Å². The summed E-state index contributed by atoms with van der Waals surface area (Å²) in [5.74, 6) is -4.50. The second kappa shape index (κ2) is 11.6.